The lowest BCUT2D eigenvalue weighted by Crippen LogP contribution is -2.25. The lowest BCUT2D eigenvalue weighted by molar-refractivity contribution is 0.595. The first-order chi connectivity index (χ1) is 12.7. The average Bonchev–Trinajstić information content (AvgIpc) is 3.22. The summed E-state index contributed by atoms with van der Waals surface area (Å²) in [4.78, 5) is 20.2. The number of hydrogen-bond acceptors (Lipinski definition) is 5. The molecule has 6 heteroatoms. The smallest absolute Gasteiger partial charge is 0.263 e. The molecule has 132 valence electrons. The fraction of sp³-hybridized carbons (Fsp3) is 0.350. The maximum absolute atomic E-state index is 13.3. The van der Waals surface area contributed by atoms with Crippen LogP contribution in [0.4, 0.5) is 0 Å². The highest BCUT2D eigenvalue weighted by atomic mass is 32.2. The summed E-state index contributed by atoms with van der Waals surface area (Å²) in [5.74, 6) is 0. The van der Waals surface area contributed by atoms with Crippen LogP contribution in [0.1, 0.15) is 29.3 Å². The van der Waals surface area contributed by atoms with Gasteiger partial charge in [0.15, 0.2) is 5.16 Å². The van der Waals surface area contributed by atoms with Gasteiger partial charge in [0.1, 0.15) is 4.83 Å². The van der Waals surface area contributed by atoms with E-state index in [4.69, 9.17) is 4.98 Å². The molecule has 0 amide bonds. The molecular formula is C20H19N3OS2. The van der Waals surface area contributed by atoms with E-state index in [1.165, 1.54) is 27.8 Å². The average molecular weight is 382 g/mol. The third-order valence-electron chi connectivity index (χ3n) is 4.72. The molecule has 0 bridgehead atoms. The summed E-state index contributed by atoms with van der Waals surface area (Å²) in [7, 11) is 0. The molecule has 0 saturated heterocycles. The Morgan fingerprint density at radius 1 is 1.35 bits per heavy atom. The van der Waals surface area contributed by atoms with Crippen LogP contribution in [0.15, 0.2) is 40.3 Å². The molecule has 0 N–H and O–H groups in total. The van der Waals surface area contributed by atoms with E-state index >= 15 is 0 Å². The molecule has 1 aromatic carbocycles. The van der Waals surface area contributed by atoms with Gasteiger partial charge in [0.25, 0.3) is 5.56 Å². The Balaban J connectivity index is 1.79. The van der Waals surface area contributed by atoms with Crippen molar-refractivity contribution < 1.29 is 0 Å². The Morgan fingerprint density at radius 3 is 2.92 bits per heavy atom. The van der Waals surface area contributed by atoms with Crippen molar-refractivity contribution >= 4 is 33.3 Å². The Labute approximate surface area is 160 Å². The van der Waals surface area contributed by atoms with Crippen LogP contribution in [-0.4, -0.2) is 14.8 Å². The van der Waals surface area contributed by atoms with E-state index in [0.29, 0.717) is 11.7 Å². The summed E-state index contributed by atoms with van der Waals surface area (Å²) >= 11 is 3.02. The molecule has 0 spiro atoms. The second-order valence-corrected chi connectivity index (χ2v) is 8.91. The molecule has 26 heavy (non-hydrogen) atoms. The standard InChI is InChI=1S/C20H19N3OS2/c1-13(12-21)25-20-22-18-17(15-8-5-9-16(15)26-18)19(24)23(20)11-10-14-6-3-2-4-7-14/h2-4,6-7,13H,5,8-11H2,1H3/t13-/m1/s1. The quantitative estimate of drug-likeness (QED) is 0.491. The monoisotopic (exact) mass is 381 g/mol. The number of fused-ring (bicyclic) bond motifs is 3. The minimum Gasteiger partial charge on any atom is -0.287 e. The number of aryl methyl sites for hydroxylation is 3. The van der Waals surface area contributed by atoms with Crippen LogP contribution in [-0.2, 0) is 25.8 Å². The molecule has 0 unspecified atom stereocenters. The summed E-state index contributed by atoms with van der Waals surface area (Å²) < 4.78 is 1.78. The van der Waals surface area contributed by atoms with Crippen LogP contribution in [0.25, 0.3) is 10.2 Å². The molecule has 4 nitrogen and oxygen atoms in total. The van der Waals surface area contributed by atoms with E-state index in [0.717, 1.165) is 35.9 Å². The zero-order chi connectivity index (χ0) is 18.1. The minimum atomic E-state index is -0.242. The van der Waals surface area contributed by atoms with Gasteiger partial charge < -0.3 is 0 Å². The lowest BCUT2D eigenvalue weighted by atomic mass is 10.1. The molecule has 3 aromatic rings. The van der Waals surface area contributed by atoms with Gasteiger partial charge in [-0.15, -0.1) is 11.3 Å². The largest absolute Gasteiger partial charge is 0.287 e. The molecule has 0 fully saturated rings. The number of nitriles is 1. The van der Waals surface area contributed by atoms with Crippen molar-refractivity contribution in [3.05, 3.63) is 56.7 Å². The van der Waals surface area contributed by atoms with Crippen molar-refractivity contribution in [2.45, 2.75) is 49.6 Å². The number of benzene rings is 1. The van der Waals surface area contributed by atoms with Crippen molar-refractivity contribution in [2.24, 2.45) is 0 Å². The molecular weight excluding hydrogens is 362 g/mol. The first kappa shape index (κ1) is 17.3. The number of aromatic nitrogens is 2. The Bertz CT molecular complexity index is 1050. The van der Waals surface area contributed by atoms with Crippen molar-refractivity contribution in [1.82, 2.24) is 9.55 Å². The van der Waals surface area contributed by atoms with Gasteiger partial charge in [-0.1, -0.05) is 42.1 Å². The molecule has 0 saturated carbocycles. The number of thiophene rings is 1. The van der Waals surface area contributed by atoms with E-state index < -0.39 is 0 Å². The van der Waals surface area contributed by atoms with Crippen molar-refractivity contribution in [3.8, 4) is 6.07 Å². The SMILES string of the molecule is C[C@H](C#N)Sc1nc2sc3c(c2c(=O)n1CCc1ccccc1)CCC3. The number of nitrogens with zero attached hydrogens (tertiary/aromatic N) is 3. The van der Waals surface area contributed by atoms with Gasteiger partial charge in [-0.2, -0.15) is 5.26 Å². The summed E-state index contributed by atoms with van der Waals surface area (Å²) in [6.45, 7) is 2.42. The second-order valence-electron chi connectivity index (χ2n) is 6.51. The zero-order valence-electron chi connectivity index (χ0n) is 14.6. The van der Waals surface area contributed by atoms with E-state index in [2.05, 4.69) is 18.2 Å². The first-order valence-corrected chi connectivity index (χ1v) is 10.5. The maximum atomic E-state index is 13.3. The van der Waals surface area contributed by atoms with Gasteiger partial charge in [0.2, 0.25) is 0 Å². The van der Waals surface area contributed by atoms with Gasteiger partial charge >= 0.3 is 0 Å². The third-order valence-corrected chi connectivity index (χ3v) is 6.89. The van der Waals surface area contributed by atoms with Crippen LogP contribution < -0.4 is 5.56 Å². The summed E-state index contributed by atoms with van der Waals surface area (Å²) in [5.41, 5.74) is 2.46. The van der Waals surface area contributed by atoms with E-state index in [-0.39, 0.29) is 10.8 Å². The van der Waals surface area contributed by atoms with E-state index in [1.807, 2.05) is 25.1 Å². The van der Waals surface area contributed by atoms with Gasteiger partial charge in [-0.25, -0.2) is 4.98 Å². The summed E-state index contributed by atoms with van der Waals surface area (Å²) in [6, 6.07) is 12.4. The third kappa shape index (κ3) is 3.17. The predicted molar refractivity (Wildman–Crippen MR) is 107 cm³/mol. The highest BCUT2D eigenvalue weighted by Crippen LogP contribution is 2.36. The first-order valence-electron chi connectivity index (χ1n) is 8.82. The van der Waals surface area contributed by atoms with Crippen LogP contribution in [0.2, 0.25) is 0 Å². The van der Waals surface area contributed by atoms with E-state index in [9.17, 15) is 10.1 Å². The zero-order valence-corrected chi connectivity index (χ0v) is 16.2. The van der Waals surface area contributed by atoms with Crippen LogP contribution in [0, 0.1) is 11.3 Å². The predicted octanol–water partition coefficient (Wildman–Crippen LogP) is 4.19. The second kappa shape index (κ2) is 7.26. The number of hydrogen-bond donors (Lipinski definition) is 0. The fourth-order valence-corrected chi connectivity index (χ4v) is 5.54. The van der Waals surface area contributed by atoms with E-state index in [1.54, 1.807) is 15.9 Å². The van der Waals surface area contributed by atoms with Gasteiger partial charge in [0.05, 0.1) is 16.7 Å². The Morgan fingerprint density at radius 2 is 2.15 bits per heavy atom. The number of thioether (sulfide) groups is 1. The molecule has 1 aliphatic rings. The van der Waals surface area contributed by atoms with Crippen LogP contribution in [0.3, 0.4) is 0 Å². The summed E-state index contributed by atoms with van der Waals surface area (Å²) in [6.07, 6.45) is 3.93. The molecule has 1 aliphatic carbocycles. The highest BCUT2D eigenvalue weighted by Gasteiger charge is 2.23. The van der Waals surface area contributed by atoms with Crippen LogP contribution in [0.5, 0.6) is 0 Å². The fourth-order valence-electron chi connectivity index (χ4n) is 3.42. The van der Waals surface area contributed by atoms with Crippen LogP contribution >= 0.6 is 23.1 Å². The van der Waals surface area contributed by atoms with Gasteiger partial charge in [-0.05, 0) is 43.7 Å². The normalized spacial score (nSPS) is 14.3. The van der Waals surface area contributed by atoms with Crippen molar-refractivity contribution in [2.75, 3.05) is 0 Å². The Kier molecular flexibility index (Phi) is 4.84. The molecule has 2 aromatic heterocycles. The van der Waals surface area contributed by atoms with Crippen molar-refractivity contribution in [1.29, 1.82) is 5.26 Å². The lowest BCUT2D eigenvalue weighted by Gasteiger charge is -2.13. The topological polar surface area (TPSA) is 58.7 Å². The molecule has 0 aliphatic heterocycles. The van der Waals surface area contributed by atoms with Crippen molar-refractivity contribution in [3.63, 3.8) is 0 Å². The molecule has 1 atom stereocenters. The maximum Gasteiger partial charge on any atom is 0.263 e. The molecule has 4 rings (SSSR count). The summed E-state index contributed by atoms with van der Waals surface area (Å²) in [5, 5.41) is 10.4. The Hall–Kier alpha value is -2.10. The minimum absolute atomic E-state index is 0.0537. The molecule has 0 radical (unpaired) electrons. The molecule has 2 heterocycles. The van der Waals surface area contributed by atoms with Gasteiger partial charge in [0, 0.05) is 11.4 Å². The highest BCUT2D eigenvalue weighted by molar-refractivity contribution is 8.00. The number of rotatable bonds is 5. The van der Waals surface area contributed by atoms with Gasteiger partial charge in [-0.3, -0.25) is 9.36 Å².